The number of hydrogen-bond donors (Lipinski definition) is 3. The Balaban J connectivity index is 2.28. The summed E-state index contributed by atoms with van der Waals surface area (Å²) in [5.41, 5.74) is 0. The van der Waals surface area contributed by atoms with E-state index in [2.05, 4.69) is 16.4 Å². The molecule has 0 aromatic carbocycles. The van der Waals surface area contributed by atoms with Gasteiger partial charge in [-0.3, -0.25) is 0 Å². The van der Waals surface area contributed by atoms with Gasteiger partial charge in [-0.15, -0.1) is 0 Å². The average Bonchev–Trinajstić information content (AvgIpc) is 2.98. The fourth-order valence-electron chi connectivity index (χ4n) is 1.63. The number of aliphatic hydroxyl groups excluding tert-OH is 1. The third-order valence-corrected chi connectivity index (χ3v) is 3.89. The molecular weight excluding hydrogens is 228 g/mol. The van der Waals surface area contributed by atoms with Crippen molar-refractivity contribution in [1.82, 2.24) is 9.44 Å². The first kappa shape index (κ1) is 13.9. The Morgan fingerprint density at radius 1 is 1.38 bits per heavy atom. The summed E-state index contributed by atoms with van der Waals surface area (Å²) in [7, 11) is -3.33. The molecule has 0 bridgehead atoms. The number of rotatable bonds is 9. The van der Waals surface area contributed by atoms with Crippen LogP contribution >= 0.6 is 0 Å². The van der Waals surface area contributed by atoms with Crippen molar-refractivity contribution in [1.29, 1.82) is 0 Å². The molecule has 96 valence electrons. The molecule has 0 radical (unpaired) electrons. The predicted octanol–water partition coefficient (Wildman–Crippen LogP) is 0.372. The summed E-state index contributed by atoms with van der Waals surface area (Å²) in [5.74, 6) is 0.228. The second-order valence-electron chi connectivity index (χ2n) is 4.41. The normalized spacial score (nSPS) is 18.6. The van der Waals surface area contributed by atoms with E-state index in [0.717, 1.165) is 25.7 Å². The first-order valence-corrected chi connectivity index (χ1v) is 7.43. The van der Waals surface area contributed by atoms with E-state index in [0.29, 0.717) is 13.0 Å². The zero-order valence-corrected chi connectivity index (χ0v) is 10.6. The summed E-state index contributed by atoms with van der Waals surface area (Å²) in [6, 6.07) is 0.139. The van der Waals surface area contributed by atoms with Crippen LogP contribution in [0.5, 0.6) is 0 Å². The van der Waals surface area contributed by atoms with Gasteiger partial charge < -0.3 is 5.11 Å². The molecule has 0 aliphatic heterocycles. The van der Waals surface area contributed by atoms with E-state index in [-0.39, 0.29) is 18.6 Å². The van der Waals surface area contributed by atoms with E-state index in [4.69, 9.17) is 5.11 Å². The average molecular weight is 250 g/mol. The van der Waals surface area contributed by atoms with Gasteiger partial charge in [0.15, 0.2) is 0 Å². The van der Waals surface area contributed by atoms with E-state index in [1.807, 2.05) is 0 Å². The van der Waals surface area contributed by atoms with Crippen LogP contribution < -0.4 is 9.44 Å². The highest BCUT2D eigenvalue weighted by Crippen LogP contribution is 2.19. The molecule has 1 fully saturated rings. The van der Waals surface area contributed by atoms with Crippen LogP contribution in [0.1, 0.15) is 39.0 Å². The van der Waals surface area contributed by atoms with Crippen molar-refractivity contribution >= 4 is 10.2 Å². The fraction of sp³-hybridized carbons (Fsp3) is 1.00. The molecular formula is C10H22N2O3S. The molecule has 6 heteroatoms. The Kier molecular flexibility index (Phi) is 5.68. The van der Waals surface area contributed by atoms with E-state index < -0.39 is 10.2 Å². The van der Waals surface area contributed by atoms with Crippen LogP contribution in [0.2, 0.25) is 0 Å². The molecule has 0 aromatic heterocycles. The molecule has 1 atom stereocenters. The highest BCUT2D eigenvalue weighted by atomic mass is 32.2. The molecule has 1 aliphatic rings. The van der Waals surface area contributed by atoms with Crippen molar-refractivity contribution in [3.63, 3.8) is 0 Å². The third-order valence-electron chi connectivity index (χ3n) is 2.70. The lowest BCUT2D eigenvalue weighted by Crippen LogP contribution is -2.40. The number of aliphatic hydroxyl groups is 1. The van der Waals surface area contributed by atoms with Gasteiger partial charge in [0.1, 0.15) is 0 Å². The first-order chi connectivity index (χ1) is 7.57. The van der Waals surface area contributed by atoms with Crippen molar-refractivity contribution in [2.45, 2.75) is 45.1 Å². The Bertz CT molecular complexity index is 282. The van der Waals surface area contributed by atoms with Gasteiger partial charge >= 0.3 is 0 Å². The predicted molar refractivity (Wildman–Crippen MR) is 63.2 cm³/mol. The molecule has 0 aromatic rings. The van der Waals surface area contributed by atoms with Crippen LogP contribution in [-0.4, -0.2) is 32.7 Å². The smallest absolute Gasteiger partial charge is 0.277 e. The van der Waals surface area contributed by atoms with Crippen LogP contribution in [-0.2, 0) is 10.2 Å². The van der Waals surface area contributed by atoms with Crippen molar-refractivity contribution in [3.8, 4) is 0 Å². The lowest BCUT2D eigenvalue weighted by atomic mass is 10.0. The van der Waals surface area contributed by atoms with Crippen molar-refractivity contribution in [2.75, 3.05) is 13.2 Å². The quantitative estimate of drug-likeness (QED) is 0.553. The molecule has 1 rings (SSSR count). The molecule has 1 saturated carbocycles. The summed E-state index contributed by atoms with van der Waals surface area (Å²) >= 11 is 0. The first-order valence-electron chi connectivity index (χ1n) is 5.95. The molecule has 16 heavy (non-hydrogen) atoms. The second kappa shape index (κ2) is 6.54. The van der Waals surface area contributed by atoms with Gasteiger partial charge in [0.2, 0.25) is 0 Å². The monoisotopic (exact) mass is 250 g/mol. The minimum absolute atomic E-state index is 0.114. The van der Waals surface area contributed by atoms with Crippen LogP contribution in [0.15, 0.2) is 0 Å². The summed E-state index contributed by atoms with van der Waals surface area (Å²) in [6.07, 6.45) is 4.47. The minimum Gasteiger partial charge on any atom is -0.396 e. The van der Waals surface area contributed by atoms with Crippen molar-refractivity contribution in [3.05, 3.63) is 0 Å². The van der Waals surface area contributed by atoms with Crippen molar-refractivity contribution in [2.24, 2.45) is 5.92 Å². The van der Waals surface area contributed by atoms with E-state index in [1.165, 1.54) is 0 Å². The van der Waals surface area contributed by atoms with E-state index in [9.17, 15) is 8.42 Å². The van der Waals surface area contributed by atoms with Crippen LogP contribution in [0, 0.1) is 5.92 Å². The van der Waals surface area contributed by atoms with Gasteiger partial charge in [-0.2, -0.15) is 13.1 Å². The zero-order valence-electron chi connectivity index (χ0n) is 9.78. The molecule has 0 amide bonds. The molecule has 0 saturated heterocycles. The highest BCUT2D eigenvalue weighted by Gasteiger charge is 2.26. The number of hydrogen-bond acceptors (Lipinski definition) is 3. The van der Waals surface area contributed by atoms with Gasteiger partial charge in [0.05, 0.1) is 0 Å². The number of nitrogens with one attached hydrogen (secondary N) is 2. The maximum Gasteiger partial charge on any atom is 0.277 e. The topological polar surface area (TPSA) is 78.4 Å². The Morgan fingerprint density at radius 2 is 2.06 bits per heavy atom. The summed E-state index contributed by atoms with van der Waals surface area (Å²) < 4.78 is 28.1. The van der Waals surface area contributed by atoms with Crippen LogP contribution in [0.4, 0.5) is 0 Å². The molecule has 1 aliphatic carbocycles. The van der Waals surface area contributed by atoms with Crippen LogP contribution in [0.3, 0.4) is 0 Å². The minimum atomic E-state index is -3.33. The largest absolute Gasteiger partial charge is 0.396 e. The summed E-state index contributed by atoms with van der Waals surface area (Å²) in [6.45, 7) is 2.58. The van der Waals surface area contributed by atoms with Crippen molar-refractivity contribution < 1.29 is 13.5 Å². The standard InChI is InChI=1S/C10H22N2O3S/c1-2-3-9(6-7-13)8-11-16(14,15)12-10-4-5-10/h9-13H,2-8H2,1H3. The molecule has 3 N–H and O–H groups in total. The van der Waals surface area contributed by atoms with E-state index >= 15 is 0 Å². The van der Waals surface area contributed by atoms with E-state index in [1.54, 1.807) is 0 Å². The van der Waals surface area contributed by atoms with Gasteiger partial charge in [-0.1, -0.05) is 13.3 Å². The Labute approximate surface area is 97.8 Å². The third kappa shape index (κ3) is 5.79. The second-order valence-corrected chi connectivity index (χ2v) is 5.94. The van der Waals surface area contributed by atoms with Crippen LogP contribution in [0.25, 0.3) is 0 Å². The molecule has 0 spiro atoms. The SMILES string of the molecule is CCCC(CCO)CNS(=O)(=O)NC1CC1. The fourth-order valence-corrected chi connectivity index (χ4v) is 2.84. The van der Waals surface area contributed by atoms with Gasteiger partial charge in [0, 0.05) is 19.2 Å². The Morgan fingerprint density at radius 3 is 2.56 bits per heavy atom. The highest BCUT2D eigenvalue weighted by molar-refractivity contribution is 7.87. The molecule has 5 nitrogen and oxygen atoms in total. The summed E-state index contributed by atoms with van der Waals surface area (Å²) in [5, 5.41) is 8.86. The zero-order chi connectivity index (χ0) is 12.0. The molecule has 1 unspecified atom stereocenters. The maximum atomic E-state index is 11.5. The van der Waals surface area contributed by atoms with Gasteiger partial charge in [-0.05, 0) is 31.6 Å². The van der Waals surface area contributed by atoms with Gasteiger partial charge in [-0.25, -0.2) is 4.72 Å². The summed E-state index contributed by atoms with van der Waals surface area (Å²) in [4.78, 5) is 0. The maximum absolute atomic E-state index is 11.5. The lowest BCUT2D eigenvalue weighted by Gasteiger charge is -2.15. The lowest BCUT2D eigenvalue weighted by molar-refractivity contribution is 0.251. The van der Waals surface area contributed by atoms with Gasteiger partial charge in [0.25, 0.3) is 10.2 Å². The molecule has 0 heterocycles. The Hall–Kier alpha value is -0.170.